The quantitative estimate of drug-likeness (QED) is 0.692. The number of amides is 1. The monoisotopic (exact) mass is 286 g/mol. The smallest absolute Gasteiger partial charge is 0.306 e. The number of esters is 1. The summed E-state index contributed by atoms with van der Waals surface area (Å²) >= 11 is 0. The number of primary amides is 1. The molecular formula is C11H14N2O5S. The zero-order valence-electron chi connectivity index (χ0n) is 10.3. The number of nitrogens with two attached hydrogens (primary N) is 1. The number of carbonyl (C=O) groups excluding carboxylic acids is 2. The van der Waals surface area contributed by atoms with Crippen LogP contribution in [0.1, 0.15) is 16.8 Å². The molecule has 1 amide bonds. The van der Waals surface area contributed by atoms with Gasteiger partial charge in [-0.05, 0) is 24.3 Å². The molecule has 0 saturated heterocycles. The summed E-state index contributed by atoms with van der Waals surface area (Å²) in [7, 11) is -2.49. The SMILES string of the molecule is COC(=O)CCNS(=O)(=O)c1ccc(C(N)=O)cc1. The molecule has 0 fully saturated rings. The Hall–Kier alpha value is -1.93. The minimum absolute atomic E-state index is 0.0117. The van der Waals surface area contributed by atoms with E-state index in [0.717, 1.165) is 0 Å². The number of hydrogen-bond donors (Lipinski definition) is 2. The van der Waals surface area contributed by atoms with Crippen molar-refractivity contribution < 1.29 is 22.7 Å². The summed E-state index contributed by atoms with van der Waals surface area (Å²) in [5.74, 6) is -1.14. The van der Waals surface area contributed by atoms with E-state index in [1.54, 1.807) is 0 Å². The van der Waals surface area contributed by atoms with Gasteiger partial charge in [0.2, 0.25) is 15.9 Å². The van der Waals surface area contributed by atoms with E-state index in [4.69, 9.17) is 5.73 Å². The van der Waals surface area contributed by atoms with Crippen LogP contribution in [-0.4, -0.2) is 33.9 Å². The molecule has 104 valence electrons. The fourth-order valence-corrected chi connectivity index (χ4v) is 2.30. The molecule has 0 aromatic heterocycles. The average Bonchev–Trinajstić information content (AvgIpc) is 2.38. The van der Waals surface area contributed by atoms with Crippen molar-refractivity contribution in [1.82, 2.24) is 4.72 Å². The summed E-state index contributed by atoms with van der Waals surface area (Å²) in [6.45, 7) is -0.0629. The van der Waals surface area contributed by atoms with E-state index in [9.17, 15) is 18.0 Å². The highest BCUT2D eigenvalue weighted by Crippen LogP contribution is 2.10. The minimum Gasteiger partial charge on any atom is -0.469 e. The molecule has 7 nitrogen and oxygen atoms in total. The van der Waals surface area contributed by atoms with Crippen LogP contribution in [0.5, 0.6) is 0 Å². The average molecular weight is 286 g/mol. The van der Waals surface area contributed by atoms with Crippen LogP contribution in [0, 0.1) is 0 Å². The third-order valence-electron chi connectivity index (χ3n) is 2.30. The van der Waals surface area contributed by atoms with Gasteiger partial charge in [-0.1, -0.05) is 0 Å². The van der Waals surface area contributed by atoms with Crippen molar-refractivity contribution in [3.05, 3.63) is 29.8 Å². The molecule has 0 bridgehead atoms. The third kappa shape index (κ3) is 4.34. The molecule has 0 atom stereocenters. The summed E-state index contributed by atoms with van der Waals surface area (Å²) in [5.41, 5.74) is 5.26. The molecule has 3 N–H and O–H groups in total. The van der Waals surface area contributed by atoms with Crippen LogP contribution < -0.4 is 10.5 Å². The number of nitrogens with one attached hydrogen (secondary N) is 1. The Kier molecular flexibility index (Phi) is 5.02. The molecule has 0 radical (unpaired) electrons. The normalized spacial score (nSPS) is 11.0. The van der Waals surface area contributed by atoms with Gasteiger partial charge in [0.25, 0.3) is 0 Å². The van der Waals surface area contributed by atoms with E-state index in [1.165, 1.54) is 31.4 Å². The number of carbonyl (C=O) groups is 2. The third-order valence-corrected chi connectivity index (χ3v) is 3.77. The standard InChI is InChI=1S/C11H14N2O5S/c1-18-10(14)6-7-13-19(16,17)9-4-2-8(3-5-9)11(12)15/h2-5,13H,6-7H2,1H3,(H2,12,15). The highest BCUT2D eigenvalue weighted by atomic mass is 32.2. The molecule has 0 heterocycles. The van der Waals surface area contributed by atoms with Crippen molar-refractivity contribution in [2.45, 2.75) is 11.3 Å². The van der Waals surface area contributed by atoms with Crippen LogP contribution in [0.25, 0.3) is 0 Å². The molecule has 1 aromatic rings. The van der Waals surface area contributed by atoms with E-state index < -0.39 is 21.9 Å². The Morgan fingerprint density at radius 2 is 1.84 bits per heavy atom. The van der Waals surface area contributed by atoms with Gasteiger partial charge in [0.1, 0.15) is 0 Å². The van der Waals surface area contributed by atoms with Crippen LogP contribution in [0.2, 0.25) is 0 Å². The first kappa shape index (κ1) is 15.1. The minimum atomic E-state index is -3.72. The summed E-state index contributed by atoms with van der Waals surface area (Å²) in [6.07, 6.45) is -0.0604. The van der Waals surface area contributed by atoms with Crippen LogP contribution in [-0.2, 0) is 19.6 Å². The topological polar surface area (TPSA) is 116 Å². The van der Waals surface area contributed by atoms with E-state index in [0.29, 0.717) is 0 Å². The van der Waals surface area contributed by atoms with Gasteiger partial charge < -0.3 is 10.5 Å². The van der Waals surface area contributed by atoms with Crippen LogP contribution >= 0.6 is 0 Å². The maximum Gasteiger partial charge on any atom is 0.306 e. The highest BCUT2D eigenvalue weighted by molar-refractivity contribution is 7.89. The van der Waals surface area contributed by atoms with Gasteiger partial charge >= 0.3 is 5.97 Å². The first-order valence-corrected chi connectivity index (χ1v) is 6.81. The second kappa shape index (κ2) is 6.30. The number of methoxy groups -OCH3 is 1. The second-order valence-electron chi connectivity index (χ2n) is 3.61. The van der Waals surface area contributed by atoms with Gasteiger partial charge in [-0.25, -0.2) is 13.1 Å². The molecule has 1 rings (SSSR count). The Balaban J connectivity index is 2.72. The van der Waals surface area contributed by atoms with Crippen molar-refractivity contribution in [2.75, 3.05) is 13.7 Å². The summed E-state index contributed by atoms with van der Waals surface area (Å²) in [4.78, 5) is 21.7. The van der Waals surface area contributed by atoms with Gasteiger partial charge in [0.15, 0.2) is 0 Å². The number of hydrogen-bond acceptors (Lipinski definition) is 5. The number of sulfonamides is 1. The second-order valence-corrected chi connectivity index (χ2v) is 5.38. The Labute approximate surface area is 110 Å². The van der Waals surface area contributed by atoms with E-state index in [1.807, 2.05) is 0 Å². The lowest BCUT2D eigenvalue weighted by Crippen LogP contribution is -2.26. The zero-order valence-corrected chi connectivity index (χ0v) is 11.1. The number of ether oxygens (including phenoxy) is 1. The van der Waals surface area contributed by atoms with Crippen LogP contribution in [0.4, 0.5) is 0 Å². The molecule has 0 aliphatic rings. The van der Waals surface area contributed by atoms with Gasteiger partial charge in [-0.3, -0.25) is 9.59 Å². The van der Waals surface area contributed by atoms with Gasteiger partial charge in [0, 0.05) is 12.1 Å². The predicted octanol–water partition coefficient (Wildman–Crippen LogP) is -0.373. The Morgan fingerprint density at radius 1 is 1.26 bits per heavy atom. The largest absolute Gasteiger partial charge is 0.469 e. The van der Waals surface area contributed by atoms with Gasteiger partial charge in [0.05, 0.1) is 18.4 Å². The molecule has 0 unspecified atom stereocenters. The van der Waals surface area contributed by atoms with Crippen molar-refractivity contribution in [1.29, 1.82) is 0 Å². The summed E-state index contributed by atoms with van der Waals surface area (Å²) in [6, 6.07) is 5.16. The summed E-state index contributed by atoms with van der Waals surface area (Å²) < 4.78 is 30.2. The van der Waals surface area contributed by atoms with Crippen LogP contribution in [0.3, 0.4) is 0 Å². The predicted molar refractivity (Wildman–Crippen MR) is 66.8 cm³/mol. The molecular weight excluding hydrogens is 272 g/mol. The number of benzene rings is 1. The molecule has 0 aliphatic carbocycles. The van der Waals surface area contributed by atoms with Crippen LogP contribution in [0.15, 0.2) is 29.2 Å². The fraction of sp³-hybridized carbons (Fsp3) is 0.273. The van der Waals surface area contributed by atoms with E-state index in [2.05, 4.69) is 9.46 Å². The highest BCUT2D eigenvalue weighted by Gasteiger charge is 2.14. The maximum atomic E-state index is 11.8. The van der Waals surface area contributed by atoms with Crippen molar-refractivity contribution in [3.63, 3.8) is 0 Å². The van der Waals surface area contributed by atoms with Crippen molar-refractivity contribution in [2.24, 2.45) is 5.73 Å². The molecule has 0 saturated carbocycles. The van der Waals surface area contributed by atoms with Crippen molar-refractivity contribution >= 4 is 21.9 Å². The molecule has 0 aliphatic heterocycles. The first-order valence-electron chi connectivity index (χ1n) is 5.33. The lowest BCUT2D eigenvalue weighted by atomic mass is 10.2. The van der Waals surface area contributed by atoms with E-state index >= 15 is 0 Å². The fourth-order valence-electron chi connectivity index (χ4n) is 1.27. The molecule has 19 heavy (non-hydrogen) atoms. The lowest BCUT2D eigenvalue weighted by molar-refractivity contribution is -0.140. The van der Waals surface area contributed by atoms with E-state index in [-0.39, 0.29) is 23.4 Å². The molecule has 8 heteroatoms. The van der Waals surface area contributed by atoms with Gasteiger partial charge in [-0.2, -0.15) is 0 Å². The Morgan fingerprint density at radius 3 is 2.32 bits per heavy atom. The Bertz CT molecular complexity index is 565. The van der Waals surface area contributed by atoms with Crippen molar-refractivity contribution in [3.8, 4) is 0 Å². The lowest BCUT2D eigenvalue weighted by Gasteiger charge is -2.06. The maximum absolute atomic E-state index is 11.8. The molecule has 0 spiro atoms. The summed E-state index contributed by atoms with van der Waals surface area (Å²) in [5, 5.41) is 0. The number of rotatable bonds is 6. The molecule has 1 aromatic carbocycles. The zero-order chi connectivity index (χ0) is 14.5. The van der Waals surface area contributed by atoms with Gasteiger partial charge in [-0.15, -0.1) is 0 Å². The first-order chi connectivity index (χ1) is 8.86.